The summed E-state index contributed by atoms with van der Waals surface area (Å²) in [6.07, 6.45) is 0. The minimum atomic E-state index is -1.31. The van der Waals surface area contributed by atoms with Crippen molar-refractivity contribution in [1.82, 2.24) is 0 Å². The van der Waals surface area contributed by atoms with E-state index in [1.807, 2.05) is 0 Å². The molecule has 0 fully saturated rings. The fourth-order valence-corrected chi connectivity index (χ4v) is 0.929. The number of benzene rings is 1. The lowest BCUT2D eigenvalue weighted by atomic mass is 10.1. The van der Waals surface area contributed by atoms with Gasteiger partial charge in [-0.05, 0) is 18.6 Å². The molecule has 60 valence electrons. The SMILES string of the molecule is Cc1ccc(C(=O)[O-])c(C#N)c1. The predicted molar refractivity (Wildman–Crippen MR) is 40.2 cm³/mol. The molecule has 0 aliphatic rings. The second-order valence-electron chi connectivity index (χ2n) is 2.45. The molecule has 0 amide bonds. The van der Waals surface area contributed by atoms with Gasteiger partial charge in [-0.1, -0.05) is 12.1 Å². The summed E-state index contributed by atoms with van der Waals surface area (Å²) in [7, 11) is 0. The van der Waals surface area contributed by atoms with E-state index in [1.54, 1.807) is 19.1 Å². The van der Waals surface area contributed by atoms with Crippen molar-refractivity contribution in [2.45, 2.75) is 6.92 Å². The van der Waals surface area contributed by atoms with Crippen LogP contribution in [0.2, 0.25) is 0 Å². The van der Waals surface area contributed by atoms with Crippen molar-refractivity contribution in [3.8, 4) is 6.07 Å². The van der Waals surface area contributed by atoms with Gasteiger partial charge >= 0.3 is 0 Å². The third kappa shape index (κ3) is 1.43. The smallest absolute Gasteiger partial charge is 0.0998 e. The highest BCUT2D eigenvalue weighted by atomic mass is 16.4. The highest BCUT2D eigenvalue weighted by Gasteiger charge is 2.01. The zero-order chi connectivity index (χ0) is 9.14. The van der Waals surface area contributed by atoms with Crippen molar-refractivity contribution in [1.29, 1.82) is 5.26 Å². The maximum absolute atomic E-state index is 10.4. The van der Waals surface area contributed by atoms with Crippen LogP contribution in [-0.2, 0) is 0 Å². The van der Waals surface area contributed by atoms with Gasteiger partial charge < -0.3 is 9.90 Å². The van der Waals surface area contributed by atoms with Gasteiger partial charge in [0.05, 0.1) is 17.6 Å². The van der Waals surface area contributed by atoms with Crippen molar-refractivity contribution in [3.63, 3.8) is 0 Å². The summed E-state index contributed by atoms with van der Waals surface area (Å²) in [5, 5.41) is 19.0. The molecule has 0 N–H and O–H groups in total. The van der Waals surface area contributed by atoms with Crippen molar-refractivity contribution in [3.05, 3.63) is 34.9 Å². The third-order valence-corrected chi connectivity index (χ3v) is 1.52. The number of hydrogen-bond acceptors (Lipinski definition) is 3. The van der Waals surface area contributed by atoms with Gasteiger partial charge in [0.25, 0.3) is 0 Å². The lowest BCUT2D eigenvalue weighted by Crippen LogP contribution is -2.23. The minimum Gasteiger partial charge on any atom is -0.545 e. The van der Waals surface area contributed by atoms with E-state index in [2.05, 4.69) is 0 Å². The number of rotatable bonds is 1. The molecule has 0 spiro atoms. The van der Waals surface area contributed by atoms with E-state index < -0.39 is 5.97 Å². The number of nitriles is 1. The summed E-state index contributed by atoms with van der Waals surface area (Å²) in [6.45, 7) is 1.79. The Balaban J connectivity index is 3.32. The van der Waals surface area contributed by atoms with E-state index >= 15 is 0 Å². The first-order valence-corrected chi connectivity index (χ1v) is 3.37. The monoisotopic (exact) mass is 160 g/mol. The first-order chi connectivity index (χ1) is 5.65. The third-order valence-electron chi connectivity index (χ3n) is 1.52. The quantitative estimate of drug-likeness (QED) is 0.590. The van der Waals surface area contributed by atoms with Gasteiger partial charge in [0.1, 0.15) is 0 Å². The standard InChI is InChI=1S/C9H7NO2/c1-6-2-3-8(9(11)12)7(4-6)5-10/h2-4H,1H3,(H,11,12)/p-1. The molecule has 0 heterocycles. The Bertz CT molecular complexity index is 363. The molecule has 0 bridgehead atoms. The molecule has 12 heavy (non-hydrogen) atoms. The number of carboxylic acids is 1. The molecule has 0 unspecified atom stereocenters. The van der Waals surface area contributed by atoms with E-state index in [9.17, 15) is 9.90 Å². The number of aryl methyl sites for hydroxylation is 1. The van der Waals surface area contributed by atoms with Gasteiger partial charge in [0, 0.05) is 5.56 Å². The van der Waals surface area contributed by atoms with Crippen LogP contribution in [0, 0.1) is 18.3 Å². The van der Waals surface area contributed by atoms with Crippen molar-refractivity contribution < 1.29 is 9.90 Å². The summed E-state index contributed by atoms with van der Waals surface area (Å²) in [5.74, 6) is -1.31. The highest BCUT2D eigenvalue weighted by molar-refractivity contribution is 5.88. The number of carboxylic acid groups (broad SMARTS) is 1. The zero-order valence-corrected chi connectivity index (χ0v) is 6.50. The molecular weight excluding hydrogens is 154 g/mol. The van der Waals surface area contributed by atoms with Crippen LogP contribution in [0.25, 0.3) is 0 Å². The molecule has 1 rings (SSSR count). The topological polar surface area (TPSA) is 63.9 Å². The number of carbonyl (C=O) groups is 1. The normalized spacial score (nSPS) is 9.00. The highest BCUT2D eigenvalue weighted by Crippen LogP contribution is 2.09. The van der Waals surface area contributed by atoms with Gasteiger partial charge in [-0.2, -0.15) is 5.26 Å². The van der Waals surface area contributed by atoms with E-state index in [0.717, 1.165) is 5.56 Å². The average Bonchev–Trinajstić information content (AvgIpc) is 2.03. The van der Waals surface area contributed by atoms with Crippen LogP contribution in [0.15, 0.2) is 18.2 Å². The van der Waals surface area contributed by atoms with Crippen LogP contribution >= 0.6 is 0 Å². The number of carbonyl (C=O) groups excluding carboxylic acids is 1. The predicted octanol–water partition coefficient (Wildman–Crippen LogP) is 0.230. The Morgan fingerprint density at radius 2 is 2.25 bits per heavy atom. The number of hydrogen-bond donors (Lipinski definition) is 0. The maximum Gasteiger partial charge on any atom is 0.0998 e. The van der Waals surface area contributed by atoms with Crippen LogP contribution in [0.1, 0.15) is 21.5 Å². The first kappa shape index (κ1) is 8.28. The zero-order valence-electron chi connectivity index (χ0n) is 6.50. The van der Waals surface area contributed by atoms with Crippen LogP contribution in [-0.4, -0.2) is 5.97 Å². The molecule has 3 heteroatoms. The van der Waals surface area contributed by atoms with Crippen molar-refractivity contribution in [2.75, 3.05) is 0 Å². The summed E-state index contributed by atoms with van der Waals surface area (Å²) in [5.41, 5.74) is 0.953. The van der Waals surface area contributed by atoms with Crippen molar-refractivity contribution in [2.24, 2.45) is 0 Å². The van der Waals surface area contributed by atoms with Gasteiger partial charge in [-0.25, -0.2) is 0 Å². The Labute approximate surface area is 69.9 Å². The molecule has 0 aliphatic carbocycles. The Kier molecular flexibility index (Phi) is 2.11. The van der Waals surface area contributed by atoms with Crippen LogP contribution in [0.3, 0.4) is 0 Å². The molecular formula is C9H6NO2-. The van der Waals surface area contributed by atoms with Gasteiger partial charge in [-0.15, -0.1) is 0 Å². The second-order valence-corrected chi connectivity index (χ2v) is 2.45. The summed E-state index contributed by atoms with van der Waals surface area (Å²) in [4.78, 5) is 10.4. The van der Waals surface area contributed by atoms with Crippen LogP contribution in [0.5, 0.6) is 0 Å². The molecule has 0 aliphatic heterocycles. The molecule has 1 aromatic carbocycles. The Hall–Kier alpha value is -1.82. The van der Waals surface area contributed by atoms with Crippen LogP contribution in [0.4, 0.5) is 0 Å². The molecule has 3 nitrogen and oxygen atoms in total. The van der Waals surface area contributed by atoms with Crippen molar-refractivity contribution >= 4 is 5.97 Å². The molecule has 0 atom stereocenters. The fraction of sp³-hybridized carbons (Fsp3) is 0.111. The molecule has 0 saturated carbocycles. The Morgan fingerprint density at radius 3 is 2.75 bits per heavy atom. The largest absolute Gasteiger partial charge is 0.545 e. The first-order valence-electron chi connectivity index (χ1n) is 3.37. The minimum absolute atomic E-state index is 0.0527. The van der Waals surface area contributed by atoms with Gasteiger partial charge in [0.2, 0.25) is 0 Å². The molecule has 1 aromatic rings. The summed E-state index contributed by atoms with van der Waals surface area (Å²) < 4.78 is 0. The molecule has 0 saturated heterocycles. The summed E-state index contributed by atoms with van der Waals surface area (Å²) >= 11 is 0. The fourth-order valence-electron chi connectivity index (χ4n) is 0.929. The van der Waals surface area contributed by atoms with E-state index in [-0.39, 0.29) is 11.1 Å². The number of aromatic carboxylic acids is 1. The molecule has 0 radical (unpaired) electrons. The molecule has 0 aromatic heterocycles. The lowest BCUT2D eigenvalue weighted by molar-refractivity contribution is -0.255. The number of nitrogens with zero attached hydrogens (tertiary/aromatic N) is 1. The lowest BCUT2D eigenvalue weighted by Gasteiger charge is -2.04. The second kappa shape index (κ2) is 3.05. The Morgan fingerprint density at radius 1 is 1.58 bits per heavy atom. The van der Waals surface area contributed by atoms with E-state index in [4.69, 9.17) is 5.26 Å². The van der Waals surface area contributed by atoms with E-state index in [1.165, 1.54) is 12.1 Å². The van der Waals surface area contributed by atoms with Gasteiger partial charge in [-0.3, -0.25) is 0 Å². The maximum atomic E-state index is 10.4. The summed E-state index contributed by atoms with van der Waals surface area (Å²) in [6, 6.07) is 6.32. The van der Waals surface area contributed by atoms with E-state index in [0.29, 0.717) is 0 Å². The van der Waals surface area contributed by atoms with Gasteiger partial charge in [0.15, 0.2) is 0 Å². The average molecular weight is 160 g/mol. The van der Waals surface area contributed by atoms with Crippen LogP contribution < -0.4 is 5.11 Å².